The molecular formula is C16H20F2O4. The minimum Gasteiger partial charge on any atom is -0.486 e. The quantitative estimate of drug-likeness (QED) is 0.657. The van der Waals surface area contributed by atoms with Gasteiger partial charge in [-0.15, -0.1) is 0 Å². The second-order valence-electron chi connectivity index (χ2n) is 4.79. The van der Waals surface area contributed by atoms with Crippen molar-refractivity contribution in [2.24, 2.45) is 5.92 Å². The van der Waals surface area contributed by atoms with Gasteiger partial charge in [-0.1, -0.05) is 25.1 Å². The van der Waals surface area contributed by atoms with Crippen LogP contribution in [0.4, 0.5) is 8.78 Å². The van der Waals surface area contributed by atoms with E-state index in [1.807, 2.05) is 0 Å². The fraction of sp³-hybridized carbons (Fsp3) is 0.500. The molecule has 0 fully saturated rings. The van der Waals surface area contributed by atoms with Gasteiger partial charge in [-0.2, -0.15) is 8.78 Å². The molecule has 0 aliphatic carbocycles. The van der Waals surface area contributed by atoms with Crippen LogP contribution in [-0.4, -0.2) is 30.9 Å². The van der Waals surface area contributed by atoms with Gasteiger partial charge in [0.2, 0.25) is 0 Å². The Labute approximate surface area is 128 Å². The van der Waals surface area contributed by atoms with Crippen molar-refractivity contribution >= 4 is 11.8 Å². The van der Waals surface area contributed by atoms with Crippen molar-refractivity contribution in [3.05, 3.63) is 30.3 Å². The Balaban J connectivity index is 2.57. The van der Waals surface area contributed by atoms with Gasteiger partial charge in [0, 0.05) is 12.3 Å². The maximum atomic E-state index is 13.9. The summed E-state index contributed by atoms with van der Waals surface area (Å²) in [5, 5.41) is 0. The molecule has 1 atom stereocenters. The third-order valence-electron chi connectivity index (χ3n) is 3.17. The molecule has 1 aromatic rings. The second kappa shape index (κ2) is 8.46. The van der Waals surface area contributed by atoms with Crippen molar-refractivity contribution < 1.29 is 27.8 Å². The standard InChI is InChI=1S/C16H20F2O4/c1-3-12(16(17,18)15(20)21-4-2)10-13(19)11-22-14-8-6-5-7-9-14/h5-9,12H,3-4,10-11H2,1-2H3. The Hall–Kier alpha value is -1.98. The predicted molar refractivity (Wildman–Crippen MR) is 76.9 cm³/mol. The number of alkyl halides is 2. The van der Waals surface area contributed by atoms with Gasteiger partial charge in [-0.25, -0.2) is 4.79 Å². The molecule has 0 bridgehead atoms. The van der Waals surface area contributed by atoms with Crippen molar-refractivity contribution in [1.82, 2.24) is 0 Å². The van der Waals surface area contributed by atoms with Gasteiger partial charge in [0.25, 0.3) is 0 Å². The highest BCUT2D eigenvalue weighted by Crippen LogP contribution is 2.31. The van der Waals surface area contributed by atoms with E-state index in [1.54, 1.807) is 30.3 Å². The van der Waals surface area contributed by atoms with E-state index < -0.39 is 30.0 Å². The third kappa shape index (κ3) is 5.09. The molecule has 0 saturated heterocycles. The van der Waals surface area contributed by atoms with E-state index in [-0.39, 0.29) is 19.6 Å². The van der Waals surface area contributed by atoms with Crippen LogP contribution in [0.3, 0.4) is 0 Å². The maximum absolute atomic E-state index is 13.9. The molecule has 0 radical (unpaired) electrons. The normalized spacial score (nSPS) is 12.5. The average Bonchev–Trinajstić information content (AvgIpc) is 2.51. The molecule has 0 saturated carbocycles. The zero-order valence-corrected chi connectivity index (χ0v) is 12.7. The molecule has 0 heterocycles. The minimum absolute atomic E-state index is 0.0110. The van der Waals surface area contributed by atoms with E-state index >= 15 is 0 Å². The summed E-state index contributed by atoms with van der Waals surface area (Å²) >= 11 is 0. The van der Waals surface area contributed by atoms with E-state index in [4.69, 9.17) is 4.74 Å². The van der Waals surface area contributed by atoms with Crippen molar-refractivity contribution in [1.29, 1.82) is 0 Å². The molecule has 0 spiro atoms. The fourth-order valence-corrected chi connectivity index (χ4v) is 1.94. The summed E-state index contributed by atoms with van der Waals surface area (Å²) < 4.78 is 37.4. The van der Waals surface area contributed by atoms with Crippen LogP contribution in [0, 0.1) is 5.92 Å². The van der Waals surface area contributed by atoms with Gasteiger partial charge in [0.15, 0.2) is 5.78 Å². The van der Waals surface area contributed by atoms with E-state index in [9.17, 15) is 18.4 Å². The number of esters is 1. The maximum Gasteiger partial charge on any atom is 0.377 e. The van der Waals surface area contributed by atoms with E-state index in [0.29, 0.717) is 5.75 Å². The number of rotatable bonds is 9. The Morgan fingerprint density at radius 3 is 2.36 bits per heavy atom. The molecule has 0 N–H and O–H groups in total. The lowest BCUT2D eigenvalue weighted by atomic mass is 9.92. The topological polar surface area (TPSA) is 52.6 Å². The highest BCUT2D eigenvalue weighted by atomic mass is 19.3. The first-order valence-corrected chi connectivity index (χ1v) is 7.16. The van der Waals surface area contributed by atoms with Crippen LogP contribution >= 0.6 is 0 Å². The Morgan fingerprint density at radius 2 is 1.82 bits per heavy atom. The molecule has 0 aromatic heterocycles. The Morgan fingerprint density at radius 1 is 1.18 bits per heavy atom. The summed E-state index contributed by atoms with van der Waals surface area (Å²) in [5.41, 5.74) is 0. The van der Waals surface area contributed by atoms with E-state index in [0.717, 1.165) is 0 Å². The number of carbonyl (C=O) groups excluding carboxylic acids is 2. The van der Waals surface area contributed by atoms with Gasteiger partial charge < -0.3 is 9.47 Å². The van der Waals surface area contributed by atoms with Crippen molar-refractivity contribution in [3.8, 4) is 5.75 Å². The molecular weight excluding hydrogens is 294 g/mol. The summed E-state index contributed by atoms with van der Waals surface area (Å²) in [5.74, 6) is -6.65. The van der Waals surface area contributed by atoms with Crippen molar-refractivity contribution in [2.75, 3.05) is 13.2 Å². The molecule has 0 aliphatic heterocycles. The number of ether oxygens (including phenoxy) is 2. The van der Waals surface area contributed by atoms with Gasteiger partial charge in [0.1, 0.15) is 12.4 Å². The molecule has 1 aromatic carbocycles. The van der Waals surface area contributed by atoms with Gasteiger partial charge in [-0.3, -0.25) is 4.79 Å². The lowest BCUT2D eigenvalue weighted by Crippen LogP contribution is -2.40. The number of carbonyl (C=O) groups is 2. The number of hydrogen-bond donors (Lipinski definition) is 0. The van der Waals surface area contributed by atoms with Gasteiger partial charge >= 0.3 is 11.9 Å². The average molecular weight is 314 g/mol. The number of benzene rings is 1. The molecule has 1 rings (SSSR count). The highest BCUT2D eigenvalue weighted by Gasteiger charge is 2.48. The van der Waals surface area contributed by atoms with Crippen LogP contribution in [0.25, 0.3) is 0 Å². The molecule has 4 nitrogen and oxygen atoms in total. The monoisotopic (exact) mass is 314 g/mol. The molecule has 0 aliphatic rings. The molecule has 122 valence electrons. The van der Waals surface area contributed by atoms with Crippen molar-refractivity contribution in [2.45, 2.75) is 32.6 Å². The third-order valence-corrected chi connectivity index (χ3v) is 3.17. The van der Waals surface area contributed by atoms with Crippen molar-refractivity contribution in [3.63, 3.8) is 0 Å². The minimum atomic E-state index is -3.67. The number of para-hydroxylation sites is 1. The first kappa shape index (κ1) is 18.1. The first-order valence-electron chi connectivity index (χ1n) is 7.16. The van der Waals surface area contributed by atoms with Crippen LogP contribution in [0.5, 0.6) is 5.75 Å². The van der Waals surface area contributed by atoms with Crippen LogP contribution in [0.15, 0.2) is 30.3 Å². The smallest absolute Gasteiger partial charge is 0.377 e. The molecule has 22 heavy (non-hydrogen) atoms. The number of Topliss-reactive ketones (excluding diaryl/α,β-unsaturated/α-hetero) is 1. The summed E-state index contributed by atoms with van der Waals surface area (Å²) in [6, 6.07) is 8.60. The van der Waals surface area contributed by atoms with E-state index in [1.165, 1.54) is 13.8 Å². The van der Waals surface area contributed by atoms with Crippen LogP contribution in [0.1, 0.15) is 26.7 Å². The number of ketones is 1. The Bertz CT molecular complexity index is 488. The van der Waals surface area contributed by atoms with Gasteiger partial charge in [0.05, 0.1) is 6.61 Å². The summed E-state index contributed by atoms with van der Waals surface area (Å²) in [6.07, 6.45) is -0.446. The fourth-order valence-electron chi connectivity index (χ4n) is 1.94. The number of hydrogen-bond acceptors (Lipinski definition) is 4. The second-order valence-corrected chi connectivity index (χ2v) is 4.79. The van der Waals surface area contributed by atoms with E-state index in [2.05, 4.69) is 4.74 Å². The summed E-state index contributed by atoms with van der Waals surface area (Å²) in [6.45, 7) is 2.52. The SMILES string of the molecule is CCOC(=O)C(F)(F)C(CC)CC(=O)COc1ccccc1. The van der Waals surface area contributed by atoms with Gasteiger partial charge in [-0.05, 0) is 25.5 Å². The Kier molecular flexibility index (Phi) is 6.95. The predicted octanol–water partition coefficient (Wildman–Crippen LogP) is 3.25. The summed E-state index contributed by atoms with van der Waals surface area (Å²) in [7, 11) is 0. The summed E-state index contributed by atoms with van der Waals surface area (Å²) in [4.78, 5) is 23.1. The number of halogens is 2. The van der Waals surface area contributed by atoms with Crippen LogP contribution < -0.4 is 4.74 Å². The lowest BCUT2D eigenvalue weighted by Gasteiger charge is -2.23. The first-order chi connectivity index (χ1) is 10.4. The zero-order valence-electron chi connectivity index (χ0n) is 12.7. The molecule has 1 unspecified atom stereocenters. The zero-order chi connectivity index (χ0) is 16.6. The highest BCUT2D eigenvalue weighted by molar-refractivity contribution is 5.83. The van der Waals surface area contributed by atoms with Crippen LogP contribution in [-0.2, 0) is 14.3 Å². The lowest BCUT2D eigenvalue weighted by molar-refractivity contribution is -0.181. The van der Waals surface area contributed by atoms with Crippen LogP contribution in [0.2, 0.25) is 0 Å². The largest absolute Gasteiger partial charge is 0.486 e. The molecule has 0 amide bonds. The molecule has 6 heteroatoms.